The first-order valence-corrected chi connectivity index (χ1v) is 6.72. The number of nitrogens with one attached hydrogen (secondary N) is 1. The monoisotopic (exact) mass is 241 g/mol. The Morgan fingerprint density at radius 2 is 2.00 bits per heavy atom. The van der Waals surface area contributed by atoms with Crippen LogP contribution in [0.2, 0.25) is 0 Å². The molecule has 1 rings (SSSR count). The third-order valence-corrected chi connectivity index (χ3v) is 3.68. The van der Waals surface area contributed by atoms with E-state index in [0.29, 0.717) is 0 Å². The predicted molar refractivity (Wildman–Crippen MR) is 71.0 cm³/mol. The molecule has 1 fully saturated rings. The van der Waals surface area contributed by atoms with E-state index >= 15 is 0 Å². The van der Waals surface area contributed by atoms with Crippen molar-refractivity contribution in [2.24, 2.45) is 5.92 Å². The first-order valence-electron chi connectivity index (χ1n) is 6.72. The van der Waals surface area contributed by atoms with E-state index in [4.69, 9.17) is 0 Å². The van der Waals surface area contributed by atoms with Crippen LogP contribution >= 0.6 is 0 Å². The summed E-state index contributed by atoms with van der Waals surface area (Å²) in [6.07, 6.45) is 2.41. The molecule has 0 aromatic heterocycles. The lowest BCUT2D eigenvalue weighted by Crippen LogP contribution is -2.48. The Balaban J connectivity index is 2.33. The normalized spacial score (nSPS) is 20.2. The maximum Gasteiger partial charge on any atom is 0.239 e. The Hall–Kier alpha value is -0.610. The minimum atomic E-state index is 0.0325. The molecule has 100 valence electrons. The molecule has 0 aromatic rings. The number of carbonyl (C=O) groups excluding carboxylic acids is 1. The number of piperidine rings is 1. The first-order chi connectivity index (χ1) is 8.06. The van der Waals surface area contributed by atoms with Crippen LogP contribution in [0.3, 0.4) is 0 Å². The van der Waals surface area contributed by atoms with Crippen molar-refractivity contribution in [1.29, 1.82) is 0 Å². The maximum atomic E-state index is 11.9. The Labute approximate surface area is 105 Å². The lowest BCUT2D eigenvalue weighted by molar-refractivity contribution is -0.134. The van der Waals surface area contributed by atoms with Gasteiger partial charge in [-0.25, -0.2) is 0 Å². The van der Waals surface area contributed by atoms with Crippen LogP contribution in [0.25, 0.3) is 0 Å². The van der Waals surface area contributed by atoms with E-state index in [1.54, 1.807) is 4.90 Å². The summed E-state index contributed by atoms with van der Waals surface area (Å²) in [5.74, 6) is 1.00. The number of likely N-dealkylation sites (N-methyl/N-ethyl adjacent to an activating group) is 1. The van der Waals surface area contributed by atoms with Crippen molar-refractivity contribution in [3.05, 3.63) is 0 Å². The molecule has 4 heteroatoms. The van der Waals surface area contributed by atoms with Crippen molar-refractivity contribution in [1.82, 2.24) is 15.1 Å². The number of hydrogen-bond donors (Lipinski definition) is 1. The molecule has 1 heterocycles. The average molecular weight is 241 g/mol. The van der Waals surface area contributed by atoms with Gasteiger partial charge >= 0.3 is 0 Å². The van der Waals surface area contributed by atoms with E-state index in [2.05, 4.69) is 17.1 Å². The second kappa shape index (κ2) is 6.97. The van der Waals surface area contributed by atoms with Gasteiger partial charge in [-0.15, -0.1) is 0 Å². The van der Waals surface area contributed by atoms with Gasteiger partial charge in [0.1, 0.15) is 0 Å². The van der Waals surface area contributed by atoms with E-state index in [-0.39, 0.29) is 11.9 Å². The Morgan fingerprint density at radius 1 is 1.41 bits per heavy atom. The minimum Gasteiger partial charge on any atom is -0.347 e. The van der Waals surface area contributed by atoms with Crippen LogP contribution in [0.5, 0.6) is 0 Å². The standard InChI is InChI=1S/C13H27N3O/c1-5-14-10-12-6-8-16(9-7-12)11(2)13(17)15(3)4/h11-12,14H,5-10H2,1-4H3. The highest BCUT2D eigenvalue weighted by Gasteiger charge is 2.26. The third kappa shape index (κ3) is 4.28. The molecule has 1 atom stereocenters. The number of carbonyl (C=O) groups is 1. The van der Waals surface area contributed by atoms with Crippen LogP contribution in [-0.2, 0) is 4.79 Å². The van der Waals surface area contributed by atoms with Crippen LogP contribution < -0.4 is 5.32 Å². The fourth-order valence-electron chi connectivity index (χ4n) is 2.42. The van der Waals surface area contributed by atoms with E-state index in [1.165, 1.54) is 12.8 Å². The smallest absolute Gasteiger partial charge is 0.239 e. The number of nitrogens with zero attached hydrogens (tertiary/aromatic N) is 2. The lowest BCUT2D eigenvalue weighted by atomic mass is 9.95. The second-order valence-corrected chi connectivity index (χ2v) is 5.20. The SMILES string of the molecule is CCNCC1CCN(C(C)C(=O)N(C)C)CC1. The van der Waals surface area contributed by atoms with Crippen molar-refractivity contribution < 1.29 is 4.79 Å². The zero-order valence-electron chi connectivity index (χ0n) is 11.7. The van der Waals surface area contributed by atoms with E-state index in [1.807, 2.05) is 21.0 Å². The summed E-state index contributed by atoms with van der Waals surface area (Å²) in [7, 11) is 3.66. The van der Waals surface area contributed by atoms with Crippen LogP contribution in [-0.4, -0.2) is 62.0 Å². The summed E-state index contributed by atoms with van der Waals surface area (Å²) in [6, 6.07) is 0.0325. The summed E-state index contributed by atoms with van der Waals surface area (Å²) >= 11 is 0. The Kier molecular flexibility index (Phi) is 5.92. The average Bonchev–Trinajstić information content (AvgIpc) is 2.35. The van der Waals surface area contributed by atoms with E-state index in [0.717, 1.165) is 32.1 Å². The van der Waals surface area contributed by atoms with Gasteiger partial charge in [-0.2, -0.15) is 0 Å². The van der Waals surface area contributed by atoms with Crippen molar-refractivity contribution >= 4 is 5.91 Å². The van der Waals surface area contributed by atoms with Crippen molar-refractivity contribution in [2.75, 3.05) is 40.3 Å². The second-order valence-electron chi connectivity index (χ2n) is 5.20. The fourth-order valence-corrected chi connectivity index (χ4v) is 2.42. The molecular formula is C13H27N3O. The topological polar surface area (TPSA) is 35.6 Å². The van der Waals surface area contributed by atoms with E-state index < -0.39 is 0 Å². The number of rotatable bonds is 5. The largest absolute Gasteiger partial charge is 0.347 e. The highest BCUT2D eigenvalue weighted by Crippen LogP contribution is 2.18. The van der Waals surface area contributed by atoms with E-state index in [9.17, 15) is 4.79 Å². The molecule has 1 amide bonds. The van der Waals surface area contributed by atoms with Crippen LogP contribution in [0, 0.1) is 5.92 Å². The van der Waals surface area contributed by atoms with Gasteiger partial charge < -0.3 is 10.2 Å². The van der Waals surface area contributed by atoms with Gasteiger partial charge in [-0.1, -0.05) is 6.92 Å². The third-order valence-electron chi connectivity index (χ3n) is 3.68. The quantitative estimate of drug-likeness (QED) is 0.773. The summed E-state index contributed by atoms with van der Waals surface area (Å²) in [4.78, 5) is 15.9. The molecule has 0 spiro atoms. The molecule has 1 aliphatic rings. The van der Waals surface area contributed by atoms with Crippen molar-refractivity contribution in [2.45, 2.75) is 32.7 Å². The highest BCUT2D eigenvalue weighted by atomic mass is 16.2. The molecule has 1 aliphatic heterocycles. The fraction of sp³-hybridized carbons (Fsp3) is 0.923. The van der Waals surface area contributed by atoms with Gasteiger partial charge in [0.2, 0.25) is 5.91 Å². The van der Waals surface area contributed by atoms with Gasteiger partial charge in [0.25, 0.3) is 0 Å². The summed E-state index contributed by atoms with van der Waals surface area (Å²) in [6.45, 7) is 8.45. The molecule has 1 N–H and O–H groups in total. The molecule has 0 radical (unpaired) electrons. The zero-order chi connectivity index (χ0) is 12.8. The van der Waals surface area contributed by atoms with Gasteiger partial charge in [0.15, 0.2) is 0 Å². The number of amides is 1. The minimum absolute atomic E-state index is 0.0325. The van der Waals surface area contributed by atoms with Gasteiger partial charge in [0.05, 0.1) is 6.04 Å². The molecule has 17 heavy (non-hydrogen) atoms. The number of likely N-dealkylation sites (tertiary alicyclic amines) is 1. The van der Waals surface area contributed by atoms with Crippen LogP contribution in [0.15, 0.2) is 0 Å². The van der Waals surface area contributed by atoms with Crippen molar-refractivity contribution in [3.63, 3.8) is 0 Å². The summed E-state index contributed by atoms with van der Waals surface area (Å²) in [5, 5.41) is 3.41. The highest BCUT2D eigenvalue weighted by molar-refractivity contribution is 5.80. The lowest BCUT2D eigenvalue weighted by Gasteiger charge is -2.36. The molecule has 1 saturated heterocycles. The predicted octanol–water partition coefficient (Wildman–Crippen LogP) is 0.785. The number of hydrogen-bond acceptors (Lipinski definition) is 3. The van der Waals surface area contributed by atoms with Gasteiger partial charge in [-0.3, -0.25) is 9.69 Å². The molecule has 0 saturated carbocycles. The molecule has 0 aromatic carbocycles. The summed E-state index contributed by atoms with van der Waals surface area (Å²) in [5.41, 5.74) is 0. The van der Waals surface area contributed by atoms with Gasteiger partial charge in [0, 0.05) is 14.1 Å². The van der Waals surface area contributed by atoms with Crippen molar-refractivity contribution in [3.8, 4) is 0 Å². The Bertz CT molecular complexity index is 235. The van der Waals surface area contributed by atoms with Gasteiger partial charge in [-0.05, 0) is 51.9 Å². The molecule has 0 aliphatic carbocycles. The maximum absolute atomic E-state index is 11.9. The van der Waals surface area contributed by atoms with Crippen LogP contribution in [0.1, 0.15) is 26.7 Å². The molecule has 4 nitrogen and oxygen atoms in total. The Morgan fingerprint density at radius 3 is 2.47 bits per heavy atom. The molecule has 0 bridgehead atoms. The molecular weight excluding hydrogens is 214 g/mol. The zero-order valence-corrected chi connectivity index (χ0v) is 11.7. The molecule has 1 unspecified atom stereocenters. The summed E-state index contributed by atoms with van der Waals surface area (Å²) < 4.78 is 0. The van der Waals surface area contributed by atoms with Crippen LogP contribution in [0.4, 0.5) is 0 Å². The first kappa shape index (κ1) is 14.5.